The molecule has 2 rings (SSSR count). The fourth-order valence-corrected chi connectivity index (χ4v) is 1.47. The van der Waals surface area contributed by atoms with Gasteiger partial charge in [-0.3, -0.25) is 4.40 Å². The zero-order valence-electron chi connectivity index (χ0n) is 8.88. The molecule has 0 fully saturated rings. The lowest BCUT2D eigenvalue weighted by Crippen LogP contribution is -2.16. The van der Waals surface area contributed by atoms with E-state index < -0.39 is 6.10 Å². The molecule has 0 bridgehead atoms. The van der Waals surface area contributed by atoms with Crippen molar-refractivity contribution in [2.24, 2.45) is 0 Å². The Morgan fingerprint density at radius 2 is 2.44 bits per heavy atom. The molecule has 0 radical (unpaired) electrons. The second-order valence-electron chi connectivity index (χ2n) is 3.58. The van der Waals surface area contributed by atoms with E-state index in [0.717, 1.165) is 0 Å². The number of hydrogen-bond donors (Lipinski definition) is 2. The molecule has 2 heterocycles. The highest BCUT2D eigenvalue weighted by Gasteiger charge is 2.10. The number of aliphatic hydroxyl groups is 1. The summed E-state index contributed by atoms with van der Waals surface area (Å²) in [6, 6.07) is 7.63. The highest BCUT2D eigenvalue weighted by Crippen LogP contribution is 2.16. The Hall–Kier alpha value is -2.06. The maximum Gasteiger partial charge on any atom is 0.168 e. The average Bonchev–Trinajstić information content (AvgIpc) is 2.63. The molecular weight excluding hydrogens is 204 g/mol. The van der Waals surface area contributed by atoms with Crippen molar-refractivity contribution in [3.8, 4) is 6.07 Å². The first-order valence-electron chi connectivity index (χ1n) is 5.01. The van der Waals surface area contributed by atoms with Crippen molar-refractivity contribution in [2.75, 3.05) is 11.9 Å². The second-order valence-corrected chi connectivity index (χ2v) is 3.58. The first kappa shape index (κ1) is 10.5. The summed E-state index contributed by atoms with van der Waals surface area (Å²) in [5, 5.41) is 21.2. The third-order valence-corrected chi connectivity index (χ3v) is 2.20. The van der Waals surface area contributed by atoms with Crippen LogP contribution >= 0.6 is 0 Å². The number of pyridine rings is 1. The molecule has 2 N–H and O–H groups in total. The second kappa shape index (κ2) is 4.21. The van der Waals surface area contributed by atoms with E-state index in [4.69, 9.17) is 5.26 Å². The summed E-state index contributed by atoms with van der Waals surface area (Å²) in [5.74, 6) is 0.509. The third kappa shape index (κ3) is 1.83. The molecule has 0 saturated carbocycles. The summed E-state index contributed by atoms with van der Waals surface area (Å²) in [7, 11) is 0. The molecule has 5 nitrogen and oxygen atoms in total. The van der Waals surface area contributed by atoms with E-state index in [2.05, 4.69) is 16.4 Å². The van der Waals surface area contributed by atoms with Gasteiger partial charge in [0.2, 0.25) is 0 Å². The lowest BCUT2D eigenvalue weighted by atomic mass is 10.4. The SMILES string of the molecule is CC(O)CNc1nc2ccccn2c1C#N. The highest BCUT2D eigenvalue weighted by molar-refractivity contribution is 5.58. The van der Waals surface area contributed by atoms with Crippen molar-refractivity contribution in [1.82, 2.24) is 9.38 Å². The van der Waals surface area contributed by atoms with Crippen LogP contribution in [0, 0.1) is 11.3 Å². The molecular formula is C11H12N4O. The molecule has 0 spiro atoms. The summed E-state index contributed by atoms with van der Waals surface area (Å²) in [4.78, 5) is 4.27. The van der Waals surface area contributed by atoms with E-state index in [0.29, 0.717) is 23.7 Å². The normalized spacial score (nSPS) is 12.3. The Morgan fingerprint density at radius 3 is 3.12 bits per heavy atom. The first-order chi connectivity index (χ1) is 7.72. The number of imidazole rings is 1. The Balaban J connectivity index is 2.41. The van der Waals surface area contributed by atoms with Gasteiger partial charge in [0.05, 0.1) is 6.10 Å². The minimum Gasteiger partial charge on any atom is -0.392 e. The molecule has 0 amide bonds. The van der Waals surface area contributed by atoms with Crippen molar-refractivity contribution in [2.45, 2.75) is 13.0 Å². The minimum absolute atomic E-state index is 0.374. The Bertz CT molecular complexity index is 538. The van der Waals surface area contributed by atoms with Gasteiger partial charge in [0, 0.05) is 12.7 Å². The molecule has 0 aliphatic rings. The van der Waals surface area contributed by atoms with Crippen LogP contribution in [0.15, 0.2) is 24.4 Å². The van der Waals surface area contributed by atoms with E-state index >= 15 is 0 Å². The van der Waals surface area contributed by atoms with Gasteiger partial charge in [-0.2, -0.15) is 5.26 Å². The fourth-order valence-electron chi connectivity index (χ4n) is 1.47. The molecule has 0 saturated heterocycles. The lowest BCUT2D eigenvalue weighted by Gasteiger charge is -2.04. The predicted molar refractivity (Wildman–Crippen MR) is 60.1 cm³/mol. The molecule has 0 aliphatic heterocycles. The van der Waals surface area contributed by atoms with Gasteiger partial charge < -0.3 is 10.4 Å². The van der Waals surface area contributed by atoms with Crippen LogP contribution < -0.4 is 5.32 Å². The van der Waals surface area contributed by atoms with Crippen LogP contribution in [-0.2, 0) is 0 Å². The lowest BCUT2D eigenvalue weighted by molar-refractivity contribution is 0.208. The summed E-state index contributed by atoms with van der Waals surface area (Å²) in [6.45, 7) is 2.05. The largest absolute Gasteiger partial charge is 0.392 e. The number of nitrogens with one attached hydrogen (secondary N) is 1. The molecule has 82 valence electrons. The van der Waals surface area contributed by atoms with E-state index in [1.807, 2.05) is 18.2 Å². The minimum atomic E-state index is -0.476. The van der Waals surface area contributed by atoms with Gasteiger partial charge in [-0.15, -0.1) is 0 Å². The fraction of sp³-hybridized carbons (Fsp3) is 0.273. The van der Waals surface area contributed by atoms with Gasteiger partial charge in [0.1, 0.15) is 11.7 Å². The average molecular weight is 216 g/mol. The number of aromatic nitrogens is 2. The molecule has 1 unspecified atom stereocenters. The smallest absolute Gasteiger partial charge is 0.168 e. The summed E-state index contributed by atoms with van der Waals surface area (Å²) in [6.07, 6.45) is 1.31. The summed E-state index contributed by atoms with van der Waals surface area (Å²) >= 11 is 0. The maximum absolute atomic E-state index is 9.17. The van der Waals surface area contributed by atoms with Gasteiger partial charge in [-0.25, -0.2) is 4.98 Å². The Kier molecular flexibility index (Phi) is 2.75. The molecule has 0 aromatic carbocycles. The summed E-state index contributed by atoms with van der Waals surface area (Å²) < 4.78 is 1.71. The first-order valence-corrected chi connectivity index (χ1v) is 5.01. The molecule has 2 aromatic heterocycles. The predicted octanol–water partition coefficient (Wildman–Crippen LogP) is 0.999. The van der Waals surface area contributed by atoms with Crippen molar-refractivity contribution in [3.63, 3.8) is 0 Å². The van der Waals surface area contributed by atoms with Crippen LogP contribution in [0.5, 0.6) is 0 Å². The van der Waals surface area contributed by atoms with Crippen LogP contribution in [0.25, 0.3) is 5.65 Å². The van der Waals surface area contributed by atoms with Crippen LogP contribution in [0.1, 0.15) is 12.6 Å². The topological polar surface area (TPSA) is 73.3 Å². The standard InChI is InChI=1S/C11H12N4O/c1-8(16)7-13-11-9(6-12)15-5-3-2-4-10(15)14-11/h2-5,8,13,16H,7H2,1H3. The number of rotatable bonds is 3. The van der Waals surface area contributed by atoms with Gasteiger partial charge in [0.25, 0.3) is 0 Å². The van der Waals surface area contributed by atoms with E-state index in [-0.39, 0.29) is 0 Å². The van der Waals surface area contributed by atoms with Gasteiger partial charge in [-0.05, 0) is 19.1 Å². The van der Waals surface area contributed by atoms with E-state index in [9.17, 15) is 5.11 Å². The number of nitrogens with zero attached hydrogens (tertiary/aromatic N) is 3. The molecule has 5 heteroatoms. The van der Waals surface area contributed by atoms with Crippen LogP contribution in [0.3, 0.4) is 0 Å². The third-order valence-electron chi connectivity index (χ3n) is 2.20. The van der Waals surface area contributed by atoms with Crippen molar-refractivity contribution >= 4 is 11.5 Å². The van der Waals surface area contributed by atoms with Crippen molar-refractivity contribution < 1.29 is 5.11 Å². The van der Waals surface area contributed by atoms with Gasteiger partial charge in [0.15, 0.2) is 11.5 Å². The van der Waals surface area contributed by atoms with Crippen LogP contribution in [0.4, 0.5) is 5.82 Å². The number of anilines is 1. The van der Waals surface area contributed by atoms with E-state index in [1.165, 1.54) is 0 Å². The number of hydrogen-bond acceptors (Lipinski definition) is 4. The molecule has 0 aliphatic carbocycles. The molecule has 1 atom stereocenters. The maximum atomic E-state index is 9.17. The van der Waals surface area contributed by atoms with Crippen molar-refractivity contribution in [3.05, 3.63) is 30.1 Å². The number of nitriles is 1. The number of fused-ring (bicyclic) bond motifs is 1. The monoisotopic (exact) mass is 216 g/mol. The highest BCUT2D eigenvalue weighted by atomic mass is 16.3. The molecule has 2 aromatic rings. The molecule has 16 heavy (non-hydrogen) atoms. The van der Waals surface area contributed by atoms with Crippen LogP contribution in [0.2, 0.25) is 0 Å². The quantitative estimate of drug-likeness (QED) is 0.802. The summed E-state index contributed by atoms with van der Waals surface area (Å²) in [5.41, 5.74) is 1.17. The zero-order chi connectivity index (χ0) is 11.5. The Morgan fingerprint density at radius 1 is 1.62 bits per heavy atom. The van der Waals surface area contributed by atoms with Crippen LogP contribution in [-0.4, -0.2) is 27.1 Å². The zero-order valence-corrected chi connectivity index (χ0v) is 8.88. The van der Waals surface area contributed by atoms with E-state index in [1.54, 1.807) is 17.5 Å². The number of aliphatic hydroxyl groups excluding tert-OH is 1. The Labute approximate surface area is 93.0 Å². The van der Waals surface area contributed by atoms with Gasteiger partial charge in [-0.1, -0.05) is 6.07 Å². The van der Waals surface area contributed by atoms with Gasteiger partial charge >= 0.3 is 0 Å². The van der Waals surface area contributed by atoms with Crippen molar-refractivity contribution in [1.29, 1.82) is 5.26 Å².